The van der Waals surface area contributed by atoms with E-state index in [-0.39, 0.29) is 47.9 Å². The van der Waals surface area contributed by atoms with Crippen LogP contribution in [0.1, 0.15) is 27.2 Å². The van der Waals surface area contributed by atoms with Crippen LogP contribution in [0.4, 0.5) is 23.2 Å². The Balaban J connectivity index is 1.62. The molecule has 35 heavy (non-hydrogen) atoms. The van der Waals surface area contributed by atoms with Gasteiger partial charge in [-0.25, -0.2) is 9.24 Å². The Morgan fingerprint density at radius 2 is 1.91 bits per heavy atom. The van der Waals surface area contributed by atoms with Crippen molar-refractivity contribution >= 4 is 29.1 Å². The number of hydrogen-bond donors (Lipinski definition) is 1. The van der Waals surface area contributed by atoms with Crippen LogP contribution in [0, 0.1) is 12.4 Å². The van der Waals surface area contributed by atoms with Crippen LogP contribution in [0.5, 0.6) is 0 Å². The normalized spacial score (nSPS) is 13.3. The topological polar surface area (TPSA) is 85.6 Å². The number of rotatable bonds is 4. The lowest BCUT2D eigenvalue weighted by Crippen LogP contribution is -2.40. The quantitative estimate of drug-likeness (QED) is 0.415. The molecule has 12 heteroatoms. The van der Waals surface area contributed by atoms with Gasteiger partial charge in [-0.05, 0) is 23.8 Å². The van der Waals surface area contributed by atoms with Crippen LogP contribution >= 0.6 is 11.6 Å². The smallest absolute Gasteiger partial charge is 0.365 e. The van der Waals surface area contributed by atoms with Crippen molar-refractivity contribution in [2.75, 3.05) is 6.54 Å². The van der Waals surface area contributed by atoms with E-state index >= 15 is 0 Å². The molecule has 2 aromatic carbocycles. The Morgan fingerprint density at radius 1 is 1.17 bits per heavy atom. The van der Waals surface area contributed by atoms with Crippen molar-refractivity contribution in [3.05, 3.63) is 81.0 Å². The molecule has 0 saturated heterocycles. The average molecular weight is 506 g/mol. The SMILES string of the molecule is [C-]#[N+]c1ccc(CC(=O)N2CCn3nc(-c4ccc(F)c(Cl)c4)c(C(N)=O)c3C2)cc1C(F)(F)F. The van der Waals surface area contributed by atoms with Crippen molar-refractivity contribution in [2.45, 2.75) is 25.7 Å². The molecule has 0 radical (unpaired) electrons. The number of fused-ring (bicyclic) bond motifs is 1. The fourth-order valence-electron chi connectivity index (χ4n) is 3.94. The van der Waals surface area contributed by atoms with Gasteiger partial charge in [-0.2, -0.15) is 18.3 Å². The summed E-state index contributed by atoms with van der Waals surface area (Å²) in [6.07, 6.45) is -5.06. The fourth-order valence-corrected chi connectivity index (χ4v) is 4.12. The van der Waals surface area contributed by atoms with Crippen molar-refractivity contribution in [3.8, 4) is 11.3 Å². The number of carbonyl (C=O) groups is 2. The van der Waals surface area contributed by atoms with E-state index in [1.165, 1.54) is 27.8 Å². The number of aromatic nitrogens is 2. The number of nitrogens with two attached hydrogens (primary N) is 1. The Bertz CT molecular complexity index is 1390. The van der Waals surface area contributed by atoms with Gasteiger partial charge in [-0.1, -0.05) is 29.8 Å². The third kappa shape index (κ3) is 4.70. The molecule has 180 valence electrons. The van der Waals surface area contributed by atoms with Gasteiger partial charge >= 0.3 is 6.18 Å². The van der Waals surface area contributed by atoms with E-state index in [1.54, 1.807) is 0 Å². The minimum atomic E-state index is -4.73. The molecule has 1 aliphatic heterocycles. The van der Waals surface area contributed by atoms with Crippen LogP contribution in [-0.4, -0.2) is 33.0 Å². The van der Waals surface area contributed by atoms with Gasteiger partial charge in [0, 0.05) is 12.1 Å². The summed E-state index contributed by atoms with van der Waals surface area (Å²) in [4.78, 5) is 29.5. The highest BCUT2D eigenvalue weighted by atomic mass is 35.5. The predicted molar refractivity (Wildman–Crippen MR) is 118 cm³/mol. The lowest BCUT2D eigenvalue weighted by molar-refractivity contribution is -0.137. The van der Waals surface area contributed by atoms with Crippen molar-refractivity contribution in [3.63, 3.8) is 0 Å². The number of amides is 2. The highest BCUT2D eigenvalue weighted by molar-refractivity contribution is 6.31. The minimum Gasteiger partial charge on any atom is -0.365 e. The third-order valence-corrected chi connectivity index (χ3v) is 5.90. The average Bonchev–Trinajstić information content (AvgIpc) is 3.19. The van der Waals surface area contributed by atoms with Gasteiger partial charge in [0.05, 0.1) is 47.9 Å². The maximum absolute atomic E-state index is 13.6. The highest BCUT2D eigenvalue weighted by Gasteiger charge is 2.34. The Morgan fingerprint density at radius 3 is 2.54 bits per heavy atom. The van der Waals surface area contributed by atoms with E-state index in [9.17, 15) is 27.2 Å². The zero-order valence-corrected chi connectivity index (χ0v) is 18.6. The lowest BCUT2D eigenvalue weighted by atomic mass is 10.0. The van der Waals surface area contributed by atoms with Crippen LogP contribution in [-0.2, 0) is 30.5 Å². The standard InChI is InChI=1S/C23H16ClF4N5O2/c1-30-17-5-2-12(8-14(17)23(26,27)28)9-19(34)32-6-7-33-18(11-32)20(22(29)35)21(31-33)13-3-4-16(25)15(24)10-13/h2-5,8,10H,6-7,9,11H2,(H2,29,35). The number of halogens is 5. The maximum Gasteiger partial charge on any atom is 0.407 e. The molecule has 0 saturated carbocycles. The highest BCUT2D eigenvalue weighted by Crippen LogP contribution is 2.37. The lowest BCUT2D eigenvalue weighted by Gasteiger charge is -2.28. The van der Waals surface area contributed by atoms with Gasteiger partial charge in [0.2, 0.25) is 5.91 Å². The first-order valence-corrected chi connectivity index (χ1v) is 10.6. The Labute approximate surface area is 201 Å². The van der Waals surface area contributed by atoms with Gasteiger partial charge in [0.15, 0.2) is 5.69 Å². The van der Waals surface area contributed by atoms with Crippen molar-refractivity contribution in [2.24, 2.45) is 5.73 Å². The van der Waals surface area contributed by atoms with E-state index in [1.807, 2.05) is 0 Å². The molecule has 0 atom stereocenters. The summed E-state index contributed by atoms with van der Waals surface area (Å²) in [6.45, 7) is 7.28. The van der Waals surface area contributed by atoms with Crippen molar-refractivity contribution < 1.29 is 27.2 Å². The summed E-state index contributed by atoms with van der Waals surface area (Å²) >= 11 is 5.86. The summed E-state index contributed by atoms with van der Waals surface area (Å²) in [7, 11) is 0. The van der Waals surface area contributed by atoms with E-state index in [0.717, 1.165) is 18.2 Å². The molecule has 1 aromatic heterocycles. The Hall–Kier alpha value is -3.91. The zero-order chi connectivity index (χ0) is 25.5. The molecule has 0 aliphatic carbocycles. The zero-order valence-electron chi connectivity index (χ0n) is 17.9. The third-order valence-electron chi connectivity index (χ3n) is 5.61. The van der Waals surface area contributed by atoms with E-state index < -0.39 is 35.1 Å². The van der Waals surface area contributed by atoms with E-state index in [4.69, 9.17) is 23.9 Å². The summed E-state index contributed by atoms with van der Waals surface area (Å²) in [5.41, 5.74) is 4.99. The predicted octanol–water partition coefficient (Wildman–Crippen LogP) is 4.60. The molecule has 1 aliphatic rings. The van der Waals surface area contributed by atoms with Gasteiger partial charge in [-0.3, -0.25) is 14.3 Å². The van der Waals surface area contributed by atoms with E-state index in [0.29, 0.717) is 11.3 Å². The van der Waals surface area contributed by atoms with Crippen LogP contribution in [0.3, 0.4) is 0 Å². The fraction of sp³-hybridized carbons (Fsp3) is 0.217. The summed E-state index contributed by atoms with van der Waals surface area (Å²) < 4.78 is 54.9. The van der Waals surface area contributed by atoms with Gasteiger partial charge in [-0.15, -0.1) is 0 Å². The van der Waals surface area contributed by atoms with Crippen LogP contribution in [0.2, 0.25) is 5.02 Å². The number of primary amides is 1. The number of alkyl halides is 3. The number of nitrogens with zero attached hydrogens (tertiary/aromatic N) is 4. The number of benzene rings is 2. The number of hydrogen-bond acceptors (Lipinski definition) is 3. The molecule has 7 nitrogen and oxygen atoms in total. The molecule has 0 bridgehead atoms. The molecule has 2 amide bonds. The summed E-state index contributed by atoms with van der Waals surface area (Å²) in [6, 6.07) is 6.98. The van der Waals surface area contributed by atoms with Crippen LogP contribution in [0.25, 0.3) is 16.1 Å². The maximum atomic E-state index is 13.6. The molecule has 0 spiro atoms. The van der Waals surface area contributed by atoms with Crippen LogP contribution in [0.15, 0.2) is 36.4 Å². The summed E-state index contributed by atoms with van der Waals surface area (Å²) in [5, 5.41) is 4.23. The van der Waals surface area contributed by atoms with Gasteiger partial charge in [0.25, 0.3) is 5.91 Å². The Kier molecular flexibility index (Phi) is 6.25. The van der Waals surface area contributed by atoms with Gasteiger partial charge < -0.3 is 10.6 Å². The van der Waals surface area contributed by atoms with Crippen LogP contribution < -0.4 is 5.73 Å². The number of carbonyl (C=O) groups excluding carboxylic acids is 2. The molecule has 0 fully saturated rings. The second-order valence-corrected chi connectivity index (χ2v) is 8.25. The summed E-state index contributed by atoms with van der Waals surface area (Å²) in [5.74, 6) is -1.92. The molecular weight excluding hydrogens is 490 g/mol. The molecule has 4 rings (SSSR count). The largest absolute Gasteiger partial charge is 0.407 e. The second-order valence-electron chi connectivity index (χ2n) is 7.84. The second kappa shape index (κ2) is 9.03. The molecule has 3 aromatic rings. The van der Waals surface area contributed by atoms with Crippen molar-refractivity contribution in [1.29, 1.82) is 0 Å². The van der Waals surface area contributed by atoms with Gasteiger partial charge in [0.1, 0.15) is 11.5 Å². The molecule has 2 N–H and O–H groups in total. The molecule has 2 heterocycles. The molecule has 0 unspecified atom stereocenters. The first kappa shape index (κ1) is 24.2. The van der Waals surface area contributed by atoms with Crippen molar-refractivity contribution in [1.82, 2.24) is 14.7 Å². The first-order chi connectivity index (χ1) is 16.5. The monoisotopic (exact) mass is 505 g/mol. The molecular formula is C23H16ClF4N5O2. The first-order valence-electron chi connectivity index (χ1n) is 10.2. The van der Waals surface area contributed by atoms with E-state index in [2.05, 4.69) is 9.94 Å². The minimum absolute atomic E-state index is 0.0472.